The number of amides is 1. The van der Waals surface area contributed by atoms with E-state index in [1.54, 1.807) is 18.2 Å². The highest BCUT2D eigenvalue weighted by molar-refractivity contribution is 5.85. The van der Waals surface area contributed by atoms with Crippen LogP contribution in [0.25, 0.3) is 10.9 Å². The number of benzene rings is 2. The second kappa shape index (κ2) is 8.39. The van der Waals surface area contributed by atoms with E-state index in [1.807, 2.05) is 36.4 Å². The van der Waals surface area contributed by atoms with Gasteiger partial charge in [-0.1, -0.05) is 24.3 Å². The molecule has 1 amide bonds. The van der Waals surface area contributed by atoms with Crippen molar-refractivity contribution in [2.45, 2.75) is 19.3 Å². The molecule has 6 heteroatoms. The molecule has 0 bridgehead atoms. The van der Waals surface area contributed by atoms with Crippen molar-refractivity contribution in [3.8, 4) is 11.5 Å². The van der Waals surface area contributed by atoms with Gasteiger partial charge in [-0.25, -0.2) is 4.98 Å². The van der Waals surface area contributed by atoms with E-state index in [4.69, 9.17) is 0 Å². The van der Waals surface area contributed by atoms with Gasteiger partial charge >= 0.3 is 0 Å². The Morgan fingerprint density at radius 1 is 1.07 bits per heavy atom. The molecule has 0 radical (unpaired) electrons. The van der Waals surface area contributed by atoms with Crippen LogP contribution in [0.2, 0.25) is 0 Å². The predicted molar refractivity (Wildman–Crippen MR) is 113 cm³/mol. The van der Waals surface area contributed by atoms with Gasteiger partial charge in [0, 0.05) is 30.9 Å². The summed E-state index contributed by atoms with van der Waals surface area (Å²) in [5, 5.41) is 23.5. The fourth-order valence-electron chi connectivity index (χ4n) is 3.85. The Balaban J connectivity index is 1.30. The number of carbonyl (C=O) groups excluding carboxylic acids is 1. The smallest absolute Gasteiger partial charge is 0.223 e. The van der Waals surface area contributed by atoms with Crippen LogP contribution in [0.5, 0.6) is 11.5 Å². The second-order valence-electron chi connectivity index (χ2n) is 7.49. The van der Waals surface area contributed by atoms with Crippen LogP contribution >= 0.6 is 0 Å². The van der Waals surface area contributed by atoms with Gasteiger partial charge in [0.05, 0.1) is 0 Å². The van der Waals surface area contributed by atoms with Crippen molar-refractivity contribution in [2.75, 3.05) is 24.5 Å². The molecule has 0 saturated carbocycles. The number of fused-ring (bicyclic) bond motifs is 1. The second-order valence-corrected chi connectivity index (χ2v) is 7.49. The average Bonchev–Trinajstić information content (AvgIpc) is 2.74. The quantitative estimate of drug-likeness (QED) is 0.622. The number of nitrogens with zero attached hydrogens (tertiary/aromatic N) is 2. The summed E-state index contributed by atoms with van der Waals surface area (Å²) in [6.45, 7) is 2.08. The van der Waals surface area contributed by atoms with Gasteiger partial charge in [0.25, 0.3) is 0 Å². The van der Waals surface area contributed by atoms with Crippen LogP contribution in [-0.4, -0.2) is 40.7 Å². The molecule has 0 unspecified atom stereocenters. The van der Waals surface area contributed by atoms with Crippen molar-refractivity contribution in [2.24, 2.45) is 5.92 Å². The van der Waals surface area contributed by atoms with Crippen molar-refractivity contribution >= 4 is 22.6 Å². The van der Waals surface area contributed by atoms with Crippen LogP contribution in [0.1, 0.15) is 18.4 Å². The van der Waals surface area contributed by atoms with Gasteiger partial charge < -0.3 is 20.4 Å². The van der Waals surface area contributed by atoms with Crippen molar-refractivity contribution in [3.63, 3.8) is 0 Å². The molecule has 1 aliphatic rings. The Bertz CT molecular complexity index is 1010. The molecule has 1 fully saturated rings. The molecule has 2 aromatic carbocycles. The van der Waals surface area contributed by atoms with Gasteiger partial charge in [0.15, 0.2) is 0 Å². The van der Waals surface area contributed by atoms with Crippen LogP contribution in [-0.2, 0) is 11.2 Å². The van der Waals surface area contributed by atoms with Gasteiger partial charge in [-0.2, -0.15) is 0 Å². The molecule has 4 rings (SSSR count). The Morgan fingerprint density at radius 2 is 1.86 bits per heavy atom. The maximum atomic E-state index is 12.5. The Hall–Kier alpha value is -3.28. The van der Waals surface area contributed by atoms with Gasteiger partial charge in [-0.05, 0) is 55.2 Å². The van der Waals surface area contributed by atoms with Crippen molar-refractivity contribution in [3.05, 3.63) is 60.2 Å². The molecule has 1 aliphatic heterocycles. The molecule has 29 heavy (non-hydrogen) atoms. The zero-order chi connectivity index (χ0) is 20.2. The number of hydrogen-bond acceptors (Lipinski definition) is 5. The van der Waals surface area contributed by atoms with E-state index < -0.39 is 0 Å². The molecule has 150 valence electrons. The van der Waals surface area contributed by atoms with Crippen molar-refractivity contribution in [1.29, 1.82) is 0 Å². The normalized spacial score (nSPS) is 14.8. The summed E-state index contributed by atoms with van der Waals surface area (Å²) in [6.07, 6.45) is 2.25. The fourth-order valence-corrected chi connectivity index (χ4v) is 3.85. The number of aromatic hydroxyl groups is 2. The minimum atomic E-state index is 0.00397. The maximum Gasteiger partial charge on any atom is 0.223 e. The zero-order valence-corrected chi connectivity index (χ0v) is 16.2. The molecule has 6 nitrogen and oxygen atoms in total. The first-order valence-corrected chi connectivity index (χ1v) is 9.99. The first kappa shape index (κ1) is 19.1. The zero-order valence-electron chi connectivity index (χ0n) is 16.2. The van der Waals surface area contributed by atoms with E-state index in [2.05, 4.69) is 15.2 Å². The molecule has 3 aromatic rings. The van der Waals surface area contributed by atoms with E-state index in [1.165, 1.54) is 0 Å². The maximum absolute atomic E-state index is 12.5. The lowest BCUT2D eigenvalue weighted by atomic mass is 9.95. The van der Waals surface area contributed by atoms with Crippen LogP contribution in [0.15, 0.2) is 54.6 Å². The van der Waals surface area contributed by atoms with E-state index in [0.717, 1.165) is 42.7 Å². The summed E-state index contributed by atoms with van der Waals surface area (Å²) >= 11 is 0. The number of piperidine rings is 1. The summed E-state index contributed by atoms with van der Waals surface area (Å²) in [5.41, 5.74) is 1.61. The topological polar surface area (TPSA) is 85.7 Å². The highest BCUT2D eigenvalue weighted by atomic mass is 16.3. The SMILES string of the molecule is O=C(NCCc1cccc(O)c1)C1CCN(c2ccc3cccc(O)c3n2)CC1. The number of para-hydroxylation sites is 1. The highest BCUT2D eigenvalue weighted by Gasteiger charge is 2.25. The van der Waals surface area contributed by atoms with Crippen LogP contribution in [0, 0.1) is 5.92 Å². The number of phenols is 2. The fraction of sp³-hybridized carbons (Fsp3) is 0.304. The van der Waals surface area contributed by atoms with Crippen LogP contribution in [0.3, 0.4) is 0 Å². The van der Waals surface area contributed by atoms with Gasteiger partial charge in [-0.3, -0.25) is 4.79 Å². The number of nitrogens with one attached hydrogen (secondary N) is 1. The number of anilines is 1. The lowest BCUT2D eigenvalue weighted by Crippen LogP contribution is -2.41. The number of hydrogen-bond donors (Lipinski definition) is 3. The third-order valence-electron chi connectivity index (χ3n) is 5.50. The largest absolute Gasteiger partial charge is 0.508 e. The monoisotopic (exact) mass is 391 g/mol. The summed E-state index contributed by atoms with van der Waals surface area (Å²) in [7, 11) is 0. The first-order valence-electron chi connectivity index (χ1n) is 9.99. The molecule has 2 heterocycles. The van der Waals surface area contributed by atoms with Crippen LogP contribution in [0.4, 0.5) is 5.82 Å². The number of carbonyl (C=O) groups is 1. The third kappa shape index (κ3) is 4.42. The van der Waals surface area contributed by atoms with E-state index in [-0.39, 0.29) is 23.3 Å². The van der Waals surface area contributed by atoms with Gasteiger partial charge in [0.2, 0.25) is 5.91 Å². The third-order valence-corrected chi connectivity index (χ3v) is 5.50. The summed E-state index contributed by atoms with van der Waals surface area (Å²) in [5.74, 6) is 1.36. The molecule has 1 aromatic heterocycles. The minimum absolute atomic E-state index is 0.00397. The Morgan fingerprint density at radius 3 is 2.66 bits per heavy atom. The van der Waals surface area contributed by atoms with E-state index >= 15 is 0 Å². The Kier molecular flexibility index (Phi) is 5.51. The molecule has 1 saturated heterocycles. The minimum Gasteiger partial charge on any atom is -0.508 e. The lowest BCUT2D eigenvalue weighted by Gasteiger charge is -2.32. The molecule has 3 N–H and O–H groups in total. The highest BCUT2D eigenvalue weighted by Crippen LogP contribution is 2.27. The number of rotatable bonds is 5. The summed E-state index contributed by atoms with van der Waals surface area (Å²) in [4.78, 5) is 19.3. The summed E-state index contributed by atoms with van der Waals surface area (Å²) in [6, 6.07) is 16.4. The average molecular weight is 391 g/mol. The predicted octanol–water partition coefficient (Wildman–Crippen LogP) is 3.22. The molecule has 0 aliphatic carbocycles. The summed E-state index contributed by atoms with van der Waals surface area (Å²) < 4.78 is 0. The van der Waals surface area contributed by atoms with Gasteiger partial charge in [-0.15, -0.1) is 0 Å². The molecule has 0 spiro atoms. The Labute approximate surface area is 169 Å². The van der Waals surface area contributed by atoms with E-state index in [0.29, 0.717) is 18.5 Å². The van der Waals surface area contributed by atoms with E-state index in [9.17, 15) is 15.0 Å². The first-order chi connectivity index (χ1) is 14.1. The van der Waals surface area contributed by atoms with Crippen molar-refractivity contribution < 1.29 is 15.0 Å². The standard InChI is InChI=1S/C23H25N3O3/c27-19-5-1-3-16(15-19)9-12-24-23(29)18-10-13-26(14-11-18)21-8-7-17-4-2-6-20(28)22(17)25-21/h1-8,15,18,27-28H,9-14H2,(H,24,29). The number of pyridine rings is 1. The lowest BCUT2D eigenvalue weighted by molar-refractivity contribution is -0.125. The van der Waals surface area contributed by atoms with Crippen molar-refractivity contribution in [1.82, 2.24) is 10.3 Å². The molecular formula is C23H25N3O3. The number of phenolic OH excluding ortho intramolecular Hbond substituents is 2. The van der Waals surface area contributed by atoms with Crippen LogP contribution < -0.4 is 10.2 Å². The van der Waals surface area contributed by atoms with Gasteiger partial charge in [0.1, 0.15) is 22.8 Å². The number of aromatic nitrogens is 1. The molecule has 0 atom stereocenters. The molecular weight excluding hydrogens is 366 g/mol.